The number of ether oxygens (including phenoxy) is 3. The number of hydrogen-bond acceptors (Lipinski definition) is 5. The highest BCUT2D eigenvalue weighted by Crippen LogP contribution is 2.38. The first kappa shape index (κ1) is 15.6. The lowest BCUT2D eigenvalue weighted by Crippen LogP contribution is -2.15. The van der Waals surface area contributed by atoms with E-state index in [4.69, 9.17) is 19.3 Å². The average molecular weight is 269 g/mol. The monoisotopic (exact) mass is 269 g/mol. The van der Waals surface area contributed by atoms with Crippen LogP contribution in [0.1, 0.15) is 18.4 Å². The number of methoxy groups -OCH3 is 3. The number of aliphatic hydroxyl groups is 1. The molecule has 0 bridgehead atoms. The summed E-state index contributed by atoms with van der Waals surface area (Å²) in [6.07, 6.45) is 1.78. The molecule has 5 nitrogen and oxygen atoms in total. The largest absolute Gasteiger partial charge is 0.493 e. The Morgan fingerprint density at radius 3 is 2.11 bits per heavy atom. The second kappa shape index (κ2) is 8.61. The molecule has 0 aromatic heterocycles. The van der Waals surface area contributed by atoms with Crippen LogP contribution in [0.4, 0.5) is 0 Å². The van der Waals surface area contributed by atoms with Crippen molar-refractivity contribution in [3.63, 3.8) is 0 Å². The zero-order valence-corrected chi connectivity index (χ0v) is 11.9. The van der Waals surface area contributed by atoms with Gasteiger partial charge in [0, 0.05) is 13.2 Å². The number of benzene rings is 1. The van der Waals surface area contributed by atoms with E-state index in [2.05, 4.69) is 5.32 Å². The van der Waals surface area contributed by atoms with Gasteiger partial charge in [-0.05, 0) is 37.1 Å². The molecule has 0 aliphatic heterocycles. The second-order valence-electron chi connectivity index (χ2n) is 4.14. The molecule has 0 unspecified atom stereocenters. The fourth-order valence-corrected chi connectivity index (χ4v) is 1.83. The highest BCUT2D eigenvalue weighted by atomic mass is 16.5. The minimum atomic E-state index is 0.242. The van der Waals surface area contributed by atoms with Crippen LogP contribution in [0.3, 0.4) is 0 Å². The summed E-state index contributed by atoms with van der Waals surface area (Å²) in [5, 5.41) is 12.0. The molecule has 0 fully saturated rings. The van der Waals surface area contributed by atoms with Crippen molar-refractivity contribution in [3.8, 4) is 17.2 Å². The van der Waals surface area contributed by atoms with Crippen molar-refractivity contribution in [2.24, 2.45) is 0 Å². The first-order chi connectivity index (χ1) is 9.26. The molecule has 0 aliphatic rings. The molecule has 108 valence electrons. The van der Waals surface area contributed by atoms with E-state index in [1.165, 1.54) is 0 Å². The quantitative estimate of drug-likeness (QED) is 0.666. The lowest BCUT2D eigenvalue weighted by molar-refractivity contribution is 0.283. The van der Waals surface area contributed by atoms with Crippen LogP contribution in [0.5, 0.6) is 17.2 Å². The number of aliphatic hydroxyl groups excluding tert-OH is 1. The van der Waals surface area contributed by atoms with Crippen molar-refractivity contribution in [1.82, 2.24) is 5.32 Å². The van der Waals surface area contributed by atoms with Crippen LogP contribution in [-0.2, 0) is 6.54 Å². The van der Waals surface area contributed by atoms with Gasteiger partial charge < -0.3 is 24.6 Å². The summed E-state index contributed by atoms with van der Waals surface area (Å²) in [6.45, 7) is 1.84. The molecule has 0 amide bonds. The van der Waals surface area contributed by atoms with E-state index in [1.807, 2.05) is 12.1 Å². The molecular formula is C14H23NO4. The summed E-state index contributed by atoms with van der Waals surface area (Å²) in [6, 6.07) is 3.86. The first-order valence-corrected chi connectivity index (χ1v) is 6.37. The van der Waals surface area contributed by atoms with Gasteiger partial charge in [-0.1, -0.05) is 0 Å². The highest BCUT2D eigenvalue weighted by Gasteiger charge is 2.12. The van der Waals surface area contributed by atoms with Crippen LogP contribution in [0, 0.1) is 0 Å². The third-order valence-corrected chi connectivity index (χ3v) is 2.82. The third-order valence-electron chi connectivity index (χ3n) is 2.82. The van der Waals surface area contributed by atoms with Gasteiger partial charge in [-0.3, -0.25) is 0 Å². The summed E-state index contributed by atoms with van der Waals surface area (Å²) < 4.78 is 15.9. The topological polar surface area (TPSA) is 60.0 Å². The van der Waals surface area contributed by atoms with Gasteiger partial charge in [0.1, 0.15) is 0 Å². The predicted molar refractivity (Wildman–Crippen MR) is 74.1 cm³/mol. The van der Waals surface area contributed by atoms with Crippen LogP contribution < -0.4 is 19.5 Å². The molecule has 1 aromatic carbocycles. The zero-order chi connectivity index (χ0) is 14.1. The molecule has 5 heteroatoms. The Morgan fingerprint density at radius 2 is 1.63 bits per heavy atom. The standard InChI is InChI=1S/C14H23NO4/c1-17-12-8-11(10-15-6-4-5-7-16)9-13(18-2)14(12)19-3/h8-9,15-16H,4-7,10H2,1-3H3. The number of hydrogen-bond donors (Lipinski definition) is 2. The first-order valence-electron chi connectivity index (χ1n) is 6.37. The van der Waals surface area contributed by atoms with E-state index in [0.717, 1.165) is 31.5 Å². The molecule has 0 heterocycles. The maximum atomic E-state index is 8.70. The summed E-state index contributed by atoms with van der Waals surface area (Å²) >= 11 is 0. The molecule has 0 aliphatic carbocycles. The van der Waals surface area contributed by atoms with Crippen LogP contribution in [-0.4, -0.2) is 39.6 Å². The van der Waals surface area contributed by atoms with Crippen molar-refractivity contribution in [1.29, 1.82) is 0 Å². The van der Waals surface area contributed by atoms with Crippen molar-refractivity contribution >= 4 is 0 Å². The van der Waals surface area contributed by atoms with Crippen LogP contribution >= 0.6 is 0 Å². The lowest BCUT2D eigenvalue weighted by atomic mass is 10.1. The molecule has 1 rings (SSSR count). The van der Waals surface area contributed by atoms with Gasteiger partial charge in [0.2, 0.25) is 5.75 Å². The van der Waals surface area contributed by atoms with E-state index in [9.17, 15) is 0 Å². The Balaban J connectivity index is 2.68. The Hall–Kier alpha value is -1.46. The van der Waals surface area contributed by atoms with Crippen LogP contribution in [0.25, 0.3) is 0 Å². The van der Waals surface area contributed by atoms with Crippen molar-refractivity contribution in [2.75, 3.05) is 34.5 Å². The van der Waals surface area contributed by atoms with Gasteiger partial charge in [-0.15, -0.1) is 0 Å². The summed E-state index contributed by atoms with van der Waals surface area (Å²) in [5.74, 6) is 1.93. The maximum absolute atomic E-state index is 8.70. The van der Waals surface area contributed by atoms with Gasteiger partial charge >= 0.3 is 0 Å². The summed E-state index contributed by atoms with van der Waals surface area (Å²) in [4.78, 5) is 0. The van der Waals surface area contributed by atoms with Gasteiger partial charge in [-0.2, -0.15) is 0 Å². The normalized spacial score (nSPS) is 10.3. The Labute approximate surface area is 114 Å². The van der Waals surface area contributed by atoms with Crippen molar-refractivity contribution in [2.45, 2.75) is 19.4 Å². The van der Waals surface area contributed by atoms with Crippen molar-refractivity contribution < 1.29 is 19.3 Å². The molecule has 1 aromatic rings. The van der Waals surface area contributed by atoms with Gasteiger partial charge in [-0.25, -0.2) is 0 Å². The SMILES string of the molecule is COc1cc(CNCCCCO)cc(OC)c1OC. The smallest absolute Gasteiger partial charge is 0.203 e. The van der Waals surface area contributed by atoms with E-state index in [1.54, 1.807) is 21.3 Å². The van der Waals surface area contributed by atoms with E-state index >= 15 is 0 Å². The van der Waals surface area contributed by atoms with E-state index in [-0.39, 0.29) is 6.61 Å². The molecule has 0 saturated carbocycles. The third kappa shape index (κ3) is 4.61. The number of rotatable bonds is 9. The molecular weight excluding hydrogens is 246 g/mol. The van der Waals surface area contributed by atoms with Crippen molar-refractivity contribution in [3.05, 3.63) is 17.7 Å². The fourth-order valence-electron chi connectivity index (χ4n) is 1.83. The van der Waals surface area contributed by atoms with Crippen LogP contribution in [0.15, 0.2) is 12.1 Å². The van der Waals surface area contributed by atoms with Gasteiger partial charge in [0.15, 0.2) is 11.5 Å². The highest BCUT2D eigenvalue weighted by molar-refractivity contribution is 5.53. The van der Waals surface area contributed by atoms with E-state index in [0.29, 0.717) is 17.2 Å². The minimum Gasteiger partial charge on any atom is -0.493 e. The Morgan fingerprint density at radius 1 is 1.00 bits per heavy atom. The van der Waals surface area contributed by atoms with Crippen LogP contribution in [0.2, 0.25) is 0 Å². The molecule has 19 heavy (non-hydrogen) atoms. The number of nitrogens with one attached hydrogen (secondary N) is 1. The van der Waals surface area contributed by atoms with E-state index < -0.39 is 0 Å². The minimum absolute atomic E-state index is 0.242. The molecule has 0 atom stereocenters. The Bertz CT molecular complexity index is 357. The van der Waals surface area contributed by atoms with Gasteiger partial charge in [0.05, 0.1) is 21.3 Å². The molecule has 2 N–H and O–H groups in total. The zero-order valence-electron chi connectivity index (χ0n) is 11.9. The molecule has 0 saturated heterocycles. The molecule has 0 spiro atoms. The number of unbranched alkanes of at least 4 members (excludes halogenated alkanes) is 1. The second-order valence-corrected chi connectivity index (χ2v) is 4.14. The average Bonchev–Trinajstić information content (AvgIpc) is 2.45. The maximum Gasteiger partial charge on any atom is 0.203 e. The fraction of sp³-hybridized carbons (Fsp3) is 0.571. The van der Waals surface area contributed by atoms with Gasteiger partial charge in [0.25, 0.3) is 0 Å². The Kier molecular flexibility index (Phi) is 7.07. The summed E-state index contributed by atoms with van der Waals surface area (Å²) in [7, 11) is 4.80. The summed E-state index contributed by atoms with van der Waals surface area (Å²) in [5.41, 5.74) is 1.07. The molecule has 0 radical (unpaired) electrons. The lowest BCUT2D eigenvalue weighted by Gasteiger charge is -2.14. The predicted octanol–water partition coefficient (Wildman–Crippen LogP) is 1.57.